The van der Waals surface area contributed by atoms with Crippen LogP contribution in [0.1, 0.15) is 9.88 Å². The lowest BCUT2D eigenvalue weighted by Crippen LogP contribution is -2.26. The quantitative estimate of drug-likeness (QED) is 0.810. The zero-order chi connectivity index (χ0) is 15.8. The largest absolute Gasteiger partial charge is 0.396 e. The highest BCUT2D eigenvalue weighted by molar-refractivity contribution is 9.10. The van der Waals surface area contributed by atoms with Crippen molar-refractivity contribution in [1.29, 1.82) is 0 Å². The molecule has 0 aliphatic rings. The van der Waals surface area contributed by atoms with Crippen LogP contribution in [0.4, 0.5) is 10.1 Å². The van der Waals surface area contributed by atoms with Crippen molar-refractivity contribution < 1.29 is 12.8 Å². The van der Waals surface area contributed by atoms with Crippen molar-refractivity contribution in [1.82, 2.24) is 9.29 Å². The Morgan fingerprint density at radius 3 is 2.71 bits per heavy atom. The van der Waals surface area contributed by atoms with Crippen LogP contribution in [0.5, 0.6) is 0 Å². The number of hydrogen-bond donors (Lipinski definition) is 1. The van der Waals surface area contributed by atoms with E-state index in [4.69, 9.17) is 5.73 Å². The van der Waals surface area contributed by atoms with Crippen molar-refractivity contribution in [3.8, 4) is 0 Å². The molecule has 0 fully saturated rings. The van der Waals surface area contributed by atoms with Crippen LogP contribution in [0.15, 0.2) is 27.7 Å². The van der Waals surface area contributed by atoms with Gasteiger partial charge in [0.2, 0.25) is 10.0 Å². The number of benzene rings is 1. The second kappa shape index (κ2) is 5.99. The van der Waals surface area contributed by atoms with Gasteiger partial charge in [0.05, 0.1) is 15.6 Å². The molecular formula is C12H13BrFN3O2S2. The molecule has 0 saturated carbocycles. The topological polar surface area (TPSA) is 76.3 Å². The number of sulfonamides is 1. The molecule has 2 N–H and O–H groups in total. The van der Waals surface area contributed by atoms with Gasteiger partial charge in [-0.2, -0.15) is 4.31 Å². The first-order chi connectivity index (χ1) is 9.71. The second-order valence-corrected chi connectivity index (χ2v) is 8.60. The lowest BCUT2D eigenvalue weighted by atomic mass is 10.3. The van der Waals surface area contributed by atoms with Crippen LogP contribution in [-0.2, 0) is 16.6 Å². The van der Waals surface area contributed by atoms with Gasteiger partial charge in [-0.15, -0.1) is 11.3 Å². The predicted molar refractivity (Wildman–Crippen MR) is 84.0 cm³/mol. The summed E-state index contributed by atoms with van der Waals surface area (Å²) in [5.41, 5.74) is 5.25. The van der Waals surface area contributed by atoms with E-state index in [0.717, 1.165) is 22.0 Å². The second-order valence-electron chi connectivity index (χ2n) is 4.41. The Morgan fingerprint density at radius 2 is 2.14 bits per heavy atom. The van der Waals surface area contributed by atoms with E-state index >= 15 is 0 Å². The summed E-state index contributed by atoms with van der Waals surface area (Å²) >= 11 is 4.49. The minimum Gasteiger partial charge on any atom is -0.396 e. The SMILES string of the molecule is Cc1ncc(CN(C)S(=O)(=O)c2cc(N)c(F)cc2Br)s1. The average Bonchev–Trinajstić information content (AvgIpc) is 2.79. The van der Waals surface area contributed by atoms with E-state index in [-0.39, 0.29) is 21.6 Å². The molecule has 0 aliphatic carbocycles. The Bertz CT molecular complexity index is 777. The van der Waals surface area contributed by atoms with Gasteiger partial charge in [-0.05, 0) is 35.0 Å². The molecule has 0 amide bonds. The molecule has 21 heavy (non-hydrogen) atoms. The van der Waals surface area contributed by atoms with Gasteiger partial charge in [0.25, 0.3) is 0 Å². The smallest absolute Gasteiger partial charge is 0.244 e. The summed E-state index contributed by atoms with van der Waals surface area (Å²) in [6.45, 7) is 2.04. The van der Waals surface area contributed by atoms with Crippen LogP contribution in [-0.4, -0.2) is 24.8 Å². The third-order valence-electron chi connectivity index (χ3n) is 2.79. The van der Waals surface area contributed by atoms with Crippen LogP contribution in [0.2, 0.25) is 0 Å². The lowest BCUT2D eigenvalue weighted by Gasteiger charge is -2.17. The highest BCUT2D eigenvalue weighted by atomic mass is 79.9. The third-order valence-corrected chi connectivity index (χ3v) is 6.45. The minimum absolute atomic E-state index is 0.0647. The molecule has 5 nitrogen and oxygen atoms in total. The van der Waals surface area contributed by atoms with E-state index in [1.807, 2.05) is 6.92 Å². The minimum atomic E-state index is -3.78. The molecule has 114 valence electrons. The van der Waals surface area contributed by atoms with Crippen molar-refractivity contribution in [2.24, 2.45) is 0 Å². The molecule has 0 aliphatic heterocycles. The Kier molecular flexibility index (Phi) is 4.66. The van der Waals surface area contributed by atoms with Crippen molar-refractivity contribution >= 4 is 43.0 Å². The van der Waals surface area contributed by atoms with Crippen molar-refractivity contribution in [2.75, 3.05) is 12.8 Å². The first-order valence-electron chi connectivity index (χ1n) is 5.84. The fourth-order valence-electron chi connectivity index (χ4n) is 1.69. The molecule has 2 rings (SSSR count). The molecule has 0 radical (unpaired) electrons. The van der Waals surface area contributed by atoms with Crippen molar-refractivity contribution in [3.05, 3.63) is 38.5 Å². The third kappa shape index (κ3) is 3.42. The van der Waals surface area contributed by atoms with Gasteiger partial charge in [0, 0.05) is 29.1 Å². The van der Waals surface area contributed by atoms with Gasteiger partial charge in [0.15, 0.2) is 0 Å². The van der Waals surface area contributed by atoms with Gasteiger partial charge in [0.1, 0.15) is 5.82 Å². The van der Waals surface area contributed by atoms with E-state index in [2.05, 4.69) is 20.9 Å². The predicted octanol–water partition coefficient (Wildman–Crippen LogP) is 2.76. The number of aryl methyl sites for hydroxylation is 1. The highest BCUT2D eigenvalue weighted by Gasteiger charge is 2.25. The van der Waals surface area contributed by atoms with E-state index in [1.54, 1.807) is 6.20 Å². The van der Waals surface area contributed by atoms with E-state index < -0.39 is 15.8 Å². The molecule has 0 unspecified atom stereocenters. The average molecular weight is 394 g/mol. The molecule has 2 aromatic rings. The van der Waals surface area contributed by atoms with Gasteiger partial charge >= 0.3 is 0 Å². The zero-order valence-corrected chi connectivity index (χ0v) is 14.5. The Hall–Kier alpha value is -1.03. The van der Waals surface area contributed by atoms with Crippen LogP contribution < -0.4 is 5.73 Å². The van der Waals surface area contributed by atoms with E-state index in [9.17, 15) is 12.8 Å². The maximum Gasteiger partial charge on any atom is 0.244 e. The number of hydrogen-bond acceptors (Lipinski definition) is 5. The van der Waals surface area contributed by atoms with Crippen molar-refractivity contribution in [2.45, 2.75) is 18.4 Å². The molecule has 0 bridgehead atoms. The van der Waals surface area contributed by atoms with Gasteiger partial charge < -0.3 is 5.73 Å². The van der Waals surface area contributed by atoms with Gasteiger partial charge in [-0.25, -0.2) is 17.8 Å². The van der Waals surface area contributed by atoms with E-state index in [1.165, 1.54) is 22.7 Å². The molecule has 1 aromatic heterocycles. The lowest BCUT2D eigenvalue weighted by molar-refractivity contribution is 0.469. The Balaban J connectivity index is 2.35. The first kappa shape index (κ1) is 16.3. The number of rotatable bonds is 4. The molecule has 9 heteroatoms. The highest BCUT2D eigenvalue weighted by Crippen LogP contribution is 2.29. The molecule has 0 spiro atoms. The monoisotopic (exact) mass is 393 g/mol. The van der Waals surface area contributed by atoms with Gasteiger partial charge in [-0.1, -0.05) is 0 Å². The zero-order valence-electron chi connectivity index (χ0n) is 11.3. The number of halogens is 2. The number of thiazole rings is 1. The number of nitrogen functional groups attached to an aromatic ring is 1. The molecule has 1 aromatic carbocycles. The summed E-state index contributed by atoms with van der Waals surface area (Å²) < 4.78 is 39.7. The molecule has 0 atom stereocenters. The molecule has 0 saturated heterocycles. The number of anilines is 1. The maximum atomic E-state index is 13.3. The van der Waals surface area contributed by atoms with Crippen LogP contribution in [0.3, 0.4) is 0 Å². The van der Waals surface area contributed by atoms with Gasteiger partial charge in [-0.3, -0.25) is 0 Å². The summed E-state index contributed by atoms with van der Waals surface area (Å²) in [5, 5.41) is 0.864. The number of aromatic nitrogens is 1. The molecule has 1 heterocycles. The summed E-state index contributed by atoms with van der Waals surface area (Å²) in [6, 6.07) is 2.16. The normalized spacial score (nSPS) is 12.0. The number of nitrogens with two attached hydrogens (primary N) is 1. The summed E-state index contributed by atoms with van der Waals surface area (Å²) in [6.07, 6.45) is 1.64. The Labute approximate surface area is 134 Å². The van der Waals surface area contributed by atoms with Crippen LogP contribution in [0.25, 0.3) is 0 Å². The van der Waals surface area contributed by atoms with Crippen LogP contribution >= 0.6 is 27.3 Å². The van der Waals surface area contributed by atoms with Crippen molar-refractivity contribution in [3.63, 3.8) is 0 Å². The summed E-state index contributed by atoms with van der Waals surface area (Å²) in [5.74, 6) is -0.665. The standard InChI is InChI=1S/C12H13BrFN3O2S2/c1-7-16-5-8(20-7)6-17(2)21(18,19)12-4-11(15)10(14)3-9(12)13/h3-5H,6,15H2,1-2H3. The van der Waals surface area contributed by atoms with Crippen LogP contribution in [0, 0.1) is 12.7 Å². The summed E-state index contributed by atoms with van der Waals surface area (Å²) in [7, 11) is -2.32. The molecular weight excluding hydrogens is 381 g/mol. The maximum absolute atomic E-state index is 13.3. The number of nitrogens with zero attached hydrogens (tertiary/aromatic N) is 2. The summed E-state index contributed by atoms with van der Waals surface area (Å²) in [4.78, 5) is 4.85. The first-order valence-corrected chi connectivity index (χ1v) is 8.89. The van der Waals surface area contributed by atoms with E-state index in [0.29, 0.717) is 0 Å². The fourth-order valence-corrected chi connectivity index (χ4v) is 4.78. The fraction of sp³-hybridized carbons (Fsp3) is 0.250. The Morgan fingerprint density at radius 1 is 1.48 bits per heavy atom.